The average Bonchev–Trinajstić information content (AvgIpc) is 2.30. The van der Waals surface area contributed by atoms with E-state index in [4.69, 9.17) is 5.73 Å². The highest BCUT2D eigenvalue weighted by Gasteiger charge is 2.07. The second-order valence-electron chi connectivity index (χ2n) is 3.96. The third-order valence-corrected chi connectivity index (χ3v) is 2.63. The molecule has 2 N–H and O–H groups in total. The summed E-state index contributed by atoms with van der Waals surface area (Å²) in [7, 11) is 1.81. The molecule has 0 aliphatic rings. The second-order valence-corrected chi connectivity index (χ2v) is 3.96. The maximum absolute atomic E-state index is 11.5. The van der Waals surface area contributed by atoms with Crippen LogP contribution in [0, 0.1) is 0 Å². The highest BCUT2D eigenvalue weighted by Crippen LogP contribution is 2.07. The van der Waals surface area contributed by atoms with Crippen molar-refractivity contribution < 1.29 is 4.79 Å². The SMILES string of the molecule is CCc1ccc(CN(C)C(=O)CCN)cc1.Cl. The molecule has 0 bridgehead atoms. The standard InChI is InChI=1S/C13H20N2O.ClH/c1-3-11-4-6-12(7-5-11)10-15(2)13(16)8-9-14;/h4-7H,3,8-10,14H2,1-2H3;1H. The van der Waals surface area contributed by atoms with Gasteiger partial charge in [-0.15, -0.1) is 12.4 Å². The minimum Gasteiger partial charge on any atom is -0.341 e. The van der Waals surface area contributed by atoms with Crippen LogP contribution in [0.5, 0.6) is 0 Å². The Balaban J connectivity index is 0.00000256. The first-order valence-electron chi connectivity index (χ1n) is 5.69. The second kappa shape index (κ2) is 8.09. The van der Waals surface area contributed by atoms with Gasteiger partial charge >= 0.3 is 0 Å². The van der Waals surface area contributed by atoms with E-state index in [1.54, 1.807) is 4.90 Å². The van der Waals surface area contributed by atoms with Crippen LogP contribution in [0.3, 0.4) is 0 Å². The first-order valence-corrected chi connectivity index (χ1v) is 5.69. The first-order chi connectivity index (χ1) is 7.67. The van der Waals surface area contributed by atoms with E-state index < -0.39 is 0 Å². The van der Waals surface area contributed by atoms with Gasteiger partial charge in [0.1, 0.15) is 0 Å². The molecular formula is C13H21ClN2O. The van der Waals surface area contributed by atoms with Gasteiger partial charge in [0.2, 0.25) is 5.91 Å². The molecule has 1 rings (SSSR count). The summed E-state index contributed by atoms with van der Waals surface area (Å²) < 4.78 is 0. The highest BCUT2D eigenvalue weighted by molar-refractivity contribution is 5.85. The molecule has 4 heteroatoms. The van der Waals surface area contributed by atoms with E-state index in [1.807, 2.05) is 7.05 Å². The fourth-order valence-electron chi connectivity index (χ4n) is 1.56. The number of benzene rings is 1. The van der Waals surface area contributed by atoms with Crippen molar-refractivity contribution in [3.8, 4) is 0 Å². The molecule has 3 nitrogen and oxygen atoms in total. The molecule has 0 aliphatic carbocycles. The van der Waals surface area contributed by atoms with E-state index in [0.717, 1.165) is 12.0 Å². The van der Waals surface area contributed by atoms with Crippen LogP contribution < -0.4 is 5.73 Å². The summed E-state index contributed by atoms with van der Waals surface area (Å²) in [5, 5.41) is 0. The number of halogens is 1. The van der Waals surface area contributed by atoms with E-state index in [0.29, 0.717) is 19.5 Å². The molecule has 1 aromatic carbocycles. The largest absolute Gasteiger partial charge is 0.341 e. The smallest absolute Gasteiger partial charge is 0.223 e. The summed E-state index contributed by atoms with van der Waals surface area (Å²) in [6, 6.07) is 8.36. The summed E-state index contributed by atoms with van der Waals surface area (Å²) in [6.45, 7) is 3.20. The lowest BCUT2D eigenvalue weighted by Gasteiger charge is -2.17. The molecule has 0 radical (unpaired) electrons. The number of rotatable bonds is 5. The maximum Gasteiger partial charge on any atom is 0.223 e. The van der Waals surface area contributed by atoms with E-state index in [1.165, 1.54) is 5.56 Å². The summed E-state index contributed by atoms with van der Waals surface area (Å²) in [6.07, 6.45) is 1.46. The third-order valence-electron chi connectivity index (χ3n) is 2.63. The van der Waals surface area contributed by atoms with Crippen LogP contribution in [0.1, 0.15) is 24.5 Å². The Hall–Kier alpha value is -1.06. The van der Waals surface area contributed by atoms with Crippen molar-refractivity contribution >= 4 is 18.3 Å². The van der Waals surface area contributed by atoms with Crippen LogP contribution in [0.2, 0.25) is 0 Å². The van der Waals surface area contributed by atoms with Crippen LogP contribution in [0.4, 0.5) is 0 Å². The predicted molar refractivity (Wildman–Crippen MR) is 73.2 cm³/mol. The Morgan fingerprint density at radius 3 is 2.24 bits per heavy atom. The van der Waals surface area contributed by atoms with Crippen molar-refractivity contribution in [1.29, 1.82) is 0 Å². The third kappa shape index (κ3) is 5.20. The van der Waals surface area contributed by atoms with Gasteiger partial charge in [-0.1, -0.05) is 31.2 Å². The molecule has 0 aromatic heterocycles. The summed E-state index contributed by atoms with van der Waals surface area (Å²) in [5.41, 5.74) is 7.83. The fourth-order valence-corrected chi connectivity index (χ4v) is 1.56. The molecule has 17 heavy (non-hydrogen) atoms. The van der Waals surface area contributed by atoms with Gasteiger partial charge in [-0.3, -0.25) is 4.79 Å². The molecule has 96 valence electrons. The average molecular weight is 257 g/mol. The van der Waals surface area contributed by atoms with E-state index in [-0.39, 0.29) is 18.3 Å². The van der Waals surface area contributed by atoms with Gasteiger partial charge in [-0.25, -0.2) is 0 Å². The molecule has 0 spiro atoms. The Bertz CT molecular complexity index is 338. The molecule has 0 fully saturated rings. The van der Waals surface area contributed by atoms with Gasteiger partial charge in [-0.2, -0.15) is 0 Å². The number of nitrogens with two attached hydrogens (primary N) is 1. The molecule has 1 aromatic rings. The lowest BCUT2D eigenvalue weighted by Crippen LogP contribution is -2.27. The van der Waals surface area contributed by atoms with Crippen molar-refractivity contribution in [2.24, 2.45) is 5.73 Å². The monoisotopic (exact) mass is 256 g/mol. The van der Waals surface area contributed by atoms with E-state index in [2.05, 4.69) is 31.2 Å². The number of carbonyl (C=O) groups is 1. The number of hydrogen-bond donors (Lipinski definition) is 1. The highest BCUT2D eigenvalue weighted by atomic mass is 35.5. The number of carbonyl (C=O) groups excluding carboxylic acids is 1. The minimum atomic E-state index is 0. The molecular weight excluding hydrogens is 236 g/mol. The lowest BCUT2D eigenvalue weighted by molar-refractivity contribution is -0.130. The molecule has 0 unspecified atom stereocenters. The Morgan fingerprint density at radius 1 is 1.24 bits per heavy atom. The quantitative estimate of drug-likeness (QED) is 0.876. The van der Waals surface area contributed by atoms with Crippen LogP contribution in [0.25, 0.3) is 0 Å². The van der Waals surface area contributed by atoms with Crippen LogP contribution in [-0.4, -0.2) is 24.4 Å². The fraction of sp³-hybridized carbons (Fsp3) is 0.462. The van der Waals surface area contributed by atoms with Gasteiger partial charge in [0.05, 0.1) is 0 Å². The Labute approximate surface area is 109 Å². The number of hydrogen-bond acceptors (Lipinski definition) is 2. The van der Waals surface area contributed by atoms with E-state index >= 15 is 0 Å². The molecule has 0 atom stereocenters. The first kappa shape index (κ1) is 15.9. The van der Waals surface area contributed by atoms with Crippen LogP contribution in [0.15, 0.2) is 24.3 Å². The zero-order chi connectivity index (χ0) is 12.0. The summed E-state index contributed by atoms with van der Waals surface area (Å²) in [4.78, 5) is 13.2. The minimum absolute atomic E-state index is 0. The molecule has 0 saturated heterocycles. The van der Waals surface area contributed by atoms with E-state index in [9.17, 15) is 4.79 Å². The zero-order valence-electron chi connectivity index (χ0n) is 10.5. The Kier molecular flexibility index (Phi) is 7.59. The Morgan fingerprint density at radius 2 is 1.76 bits per heavy atom. The predicted octanol–water partition coefficient (Wildman–Crippen LogP) is 1.98. The number of amides is 1. The number of nitrogens with zero attached hydrogens (tertiary/aromatic N) is 1. The van der Waals surface area contributed by atoms with Gasteiger partial charge in [-0.05, 0) is 17.5 Å². The topological polar surface area (TPSA) is 46.3 Å². The number of aryl methyl sites for hydroxylation is 1. The summed E-state index contributed by atoms with van der Waals surface area (Å²) >= 11 is 0. The van der Waals surface area contributed by atoms with Gasteiger partial charge in [0.15, 0.2) is 0 Å². The molecule has 0 heterocycles. The molecule has 0 saturated carbocycles. The zero-order valence-corrected chi connectivity index (χ0v) is 11.3. The normalized spacial score (nSPS) is 9.59. The van der Waals surface area contributed by atoms with Crippen molar-refractivity contribution in [2.75, 3.05) is 13.6 Å². The molecule has 1 amide bonds. The molecule has 0 aliphatic heterocycles. The van der Waals surface area contributed by atoms with Crippen LogP contribution in [-0.2, 0) is 17.8 Å². The van der Waals surface area contributed by atoms with Crippen LogP contribution >= 0.6 is 12.4 Å². The lowest BCUT2D eigenvalue weighted by atomic mass is 10.1. The van der Waals surface area contributed by atoms with Gasteiger partial charge in [0.25, 0.3) is 0 Å². The van der Waals surface area contributed by atoms with Gasteiger partial charge in [0, 0.05) is 26.6 Å². The van der Waals surface area contributed by atoms with Crippen molar-refractivity contribution in [1.82, 2.24) is 4.90 Å². The van der Waals surface area contributed by atoms with Crippen molar-refractivity contribution in [3.05, 3.63) is 35.4 Å². The van der Waals surface area contributed by atoms with Gasteiger partial charge < -0.3 is 10.6 Å². The summed E-state index contributed by atoms with van der Waals surface area (Å²) in [5.74, 6) is 0.0991. The van der Waals surface area contributed by atoms with Crippen molar-refractivity contribution in [3.63, 3.8) is 0 Å². The van der Waals surface area contributed by atoms with Crippen molar-refractivity contribution in [2.45, 2.75) is 26.3 Å². The maximum atomic E-state index is 11.5.